The molecule has 5 heteroatoms. The molecule has 0 saturated heterocycles. The maximum Gasteiger partial charge on any atom is 0.415 e. The fourth-order valence-corrected chi connectivity index (χ4v) is 1.42. The van der Waals surface area contributed by atoms with Crippen molar-refractivity contribution in [1.82, 2.24) is 5.32 Å². The minimum atomic E-state index is -4.52. The smallest absolute Gasteiger partial charge is 0.382 e. The Morgan fingerprint density at radius 3 is 2.21 bits per heavy atom. The van der Waals surface area contributed by atoms with Gasteiger partial charge in [-0.05, 0) is 32.6 Å². The molecular weight excluding hydrogens is 195 g/mol. The van der Waals surface area contributed by atoms with Crippen molar-refractivity contribution in [3.63, 3.8) is 0 Å². The summed E-state index contributed by atoms with van der Waals surface area (Å²) in [5, 5.41) is 11.5. The van der Waals surface area contributed by atoms with Crippen molar-refractivity contribution < 1.29 is 18.3 Å². The number of hydrogen-bond acceptors (Lipinski definition) is 2. The third-order valence-electron chi connectivity index (χ3n) is 2.73. The van der Waals surface area contributed by atoms with Crippen LogP contribution in [0.4, 0.5) is 13.2 Å². The fourth-order valence-electron chi connectivity index (χ4n) is 1.42. The van der Waals surface area contributed by atoms with Crippen LogP contribution in [-0.4, -0.2) is 29.5 Å². The third kappa shape index (κ3) is 3.13. The van der Waals surface area contributed by atoms with Crippen molar-refractivity contribution in [3.05, 3.63) is 0 Å². The summed E-state index contributed by atoms with van der Waals surface area (Å²) in [6.45, 7) is 3.31. The van der Waals surface area contributed by atoms with Crippen LogP contribution < -0.4 is 5.32 Å². The second-order valence-corrected chi connectivity index (χ2v) is 4.43. The molecule has 1 aliphatic carbocycles. The number of β-amino-alcohol motifs (C(OH)–C–C–N with tert-alkyl or cyclic N) is 1. The Hall–Kier alpha value is -0.290. The molecule has 1 unspecified atom stereocenters. The molecule has 0 aliphatic heterocycles. The second-order valence-electron chi connectivity index (χ2n) is 4.43. The predicted octanol–water partition coefficient (Wildman–Crippen LogP) is 1.69. The summed E-state index contributed by atoms with van der Waals surface area (Å²) < 4.78 is 35.9. The molecular formula is C9H16F3NO. The number of nitrogens with one attached hydrogen (secondary N) is 1. The van der Waals surface area contributed by atoms with Crippen LogP contribution in [0.1, 0.15) is 26.7 Å². The van der Waals surface area contributed by atoms with Crippen LogP contribution >= 0.6 is 0 Å². The monoisotopic (exact) mass is 211 g/mol. The average molecular weight is 211 g/mol. The zero-order valence-electron chi connectivity index (χ0n) is 8.36. The Bertz CT molecular complexity index is 199. The first-order valence-corrected chi connectivity index (χ1v) is 4.73. The van der Waals surface area contributed by atoms with Crippen LogP contribution in [0.15, 0.2) is 0 Å². The predicted molar refractivity (Wildman–Crippen MR) is 46.9 cm³/mol. The molecule has 0 spiro atoms. The molecule has 1 atom stereocenters. The van der Waals surface area contributed by atoms with E-state index >= 15 is 0 Å². The summed E-state index contributed by atoms with van der Waals surface area (Å²) in [4.78, 5) is 0. The van der Waals surface area contributed by atoms with E-state index in [-0.39, 0.29) is 5.54 Å². The lowest BCUT2D eigenvalue weighted by Gasteiger charge is -2.28. The summed E-state index contributed by atoms with van der Waals surface area (Å²) in [6, 6.07) is 0. The Kier molecular flexibility index (Phi) is 3.11. The van der Waals surface area contributed by atoms with E-state index in [2.05, 4.69) is 5.32 Å². The molecule has 0 radical (unpaired) electrons. The number of hydrogen-bond donors (Lipinski definition) is 2. The van der Waals surface area contributed by atoms with E-state index in [1.165, 1.54) is 0 Å². The highest BCUT2D eigenvalue weighted by atomic mass is 19.4. The lowest BCUT2D eigenvalue weighted by molar-refractivity contribution is -0.202. The van der Waals surface area contributed by atoms with Gasteiger partial charge in [0.05, 0.1) is 0 Å². The topological polar surface area (TPSA) is 32.3 Å². The number of aliphatic hydroxyl groups is 1. The molecule has 84 valence electrons. The van der Waals surface area contributed by atoms with Crippen molar-refractivity contribution in [1.29, 1.82) is 0 Å². The van der Waals surface area contributed by atoms with Crippen molar-refractivity contribution in [3.8, 4) is 0 Å². The maximum atomic E-state index is 12.0. The summed E-state index contributed by atoms with van der Waals surface area (Å²) in [5.74, 6) is 0.447. The van der Waals surface area contributed by atoms with Gasteiger partial charge in [0.1, 0.15) is 0 Å². The van der Waals surface area contributed by atoms with Crippen molar-refractivity contribution in [2.45, 2.75) is 44.5 Å². The minimum Gasteiger partial charge on any atom is -0.382 e. The van der Waals surface area contributed by atoms with Crippen LogP contribution in [0, 0.1) is 5.92 Å². The molecule has 1 aliphatic rings. The Morgan fingerprint density at radius 2 is 1.86 bits per heavy atom. The minimum absolute atomic E-state index is 0.299. The average Bonchev–Trinajstić information content (AvgIpc) is 2.80. The lowest BCUT2D eigenvalue weighted by Crippen LogP contribution is -2.48. The number of alkyl halides is 3. The molecule has 2 nitrogen and oxygen atoms in total. The third-order valence-corrected chi connectivity index (χ3v) is 2.73. The molecule has 0 aromatic carbocycles. The van der Waals surface area contributed by atoms with Gasteiger partial charge < -0.3 is 10.4 Å². The molecule has 1 saturated carbocycles. The normalized spacial score (nSPS) is 21.0. The van der Waals surface area contributed by atoms with Crippen molar-refractivity contribution in [2.24, 2.45) is 5.92 Å². The van der Waals surface area contributed by atoms with E-state index in [9.17, 15) is 13.2 Å². The van der Waals surface area contributed by atoms with Crippen LogP contribution in [-0.2, 0) is 0 Å². The summed E-state index contributed by atoms with van der Waals surface area (Å²) in [6.07, 6.45) is -4.67. The van der Waals surface area contributed by atoms with Crippen molar-refractivity contribution in [2.75, 3.05) is 6.54 Å². The van der Waals surface area contributed by atoms with Gasteiger partial charge in [-0.1, -0.05) is 0 Å². The van der Waals surface area contributed by atoms with E-state index < -0.39 is 18.8 Å². The molecule has 2 N–H and O–H groups in total. The standard InChI is InChI=1S/C9H16F3NO/c1-8(2,6-3-4-6)13-5-7(14)9(10,11)12/h6-7,13-14H,3-5H2,1-2H3. The SMILES string of the molecule is CC(C)(NCC(O)C(F)(F)F)C1CC1. The highest BCUT2D eigenvalue weighted by Gasteiger charge is 2.41. The zero-order chi connectivity index (χ0) is 11.0. The van der Waals surface area contributed by atoms with Gasteiger partial charge in [-0.25, -0.2) is 0 Å². The van der Waals surface area contributed by atoms with E-state index in [4.69, 9.17) is 5.11 Å². The number of aliphatic hydroxyl groups excluding tert-OH is 1. The Morgan fingerprint density at radius 1 is 1.36 bits per heavy atom. The number of halogens is 3. The van der Waals surface area contributed by atoms with Crippen LogP contribution in [0.5, 0.6) is 0 Å². The van der Waals surface area contributed by atoms with Gasteiger partial charge in [-0.2, -0.15) is 13.2 Å². The fraction of sp³-hybridized carbons (Fsp3) is 1.00. The van der Waals surface area contributed by atoms with Crippen LogP contribution in [0.2, 0.25) is 0 Å². The maximum absolute atomic E-state index is 12.0. The molecule has 1 fully saturated rings. The molecule has 1 rings (SSSR count). The largest absolute Gasteiger partial charge is 0.415 e. The highest BCUT2D eigenvalue weighted by Crippen LogP contribution is 2.39. The van der Waals surface area contributed by atoms with E-state index in [1.807, 2.05) is 13.8 Å². The van der Waals surface area contributed by atoms with E-state index in [0.29, 0.717) is 5.92 Å². The van der Waals surface area contributed by atoms with Crippen LogP contribution in [0.3, 0.4) is 0 Å². The zero-order valence-corrected chi connectivity index (χ0v) is 8.36. The number of rotatable bonds is 4. The summed E-state index contributed by atoms with van der Waals surface area (Å²) in [5.41, 5.74) is -0.299. The van der Waals surface area contributed by atoms with Gasteiger partial charge in [0.2, 0.25) is 0 Å². The lowest BCUT2D eigenvalue weighted by atomic mass is 9.98. The Labute approximate surface area is 81.5 Å². The van der Waals surface area contributed by atoms with Gasteiger partial charge in [0.25, 0.3) is 0 Å². The van der Waals surface area contributed by atoms with Gasteiger partial charge in [-0.3, -0.25) is 0 Å². The quantitative estimate of drug-likeness (QED) is 0.741. The second kappa shape index (κ2) is 3.70. The summed E-state index contributed by atoms with van der Waals surface area (Å²) >= 11 is 0. The molecule has 0 aromatic heterocycles. The molecule has 0 amide bonds. The van der Waals surface area contributed by atoms with Gasteiger partial charge in [0.15, 0.2) is 6.10 Å². The first-order valence-electron chi connectivity index (χ1n) is 4.73. The van der Waals surface area contributed by atoms with Gasteiger partial charge in [-0.15, -0.1) is 0 Å². The molecule has 14 heavy (non-hydrogen) atoms. The molecule has 0 heterocycles. The molecule has 0 aromatic rings. The van der Waals surface area contributed by atoms with Gasteiger partial charge in [0, 0.05) is 12.1 Å². The van der Waals surface area contributed by atoms with E-state index in [1.54, 1.807) is 0 Å². The van der Waals surface area contributed by atoms with Gasteiger partial charge >= 0.3 is 6.18 Å². The highest BCUT2D eigenvalue weighted by molar-refractivity contribution is 4.94. The van der Waals surface area contributed by atoms with Crippen LogP contribution in [0.25, 0.3) is 0 Å². The van der Waals surface area contributed by atoms with Crippen molar-refractivity contribution >= 4 is 0 Å². The van der Waals surface area contributed by atoms with E-state index in [0.717, 1.165) is 12.8 Å². The Balaban J connectivity index is 2.32. The summed E-state index contributed by atoms with van der Waals surface area (Å²) in [7, 11) is 0. The molecule has 0 bridgehead atoms. The first-order chi connectivity index (χ1) is 6.23. The first kappa shape index (κ1) is 11.8.